The number of amides is 1. The van der Waals surface area contributed by atoms with E-state index in [0.29, 0.717) is 22.9 Å². The van der Waals surface area contributed by atoms with Crippen molar-refractivity contribution in [1.82, 2.24) is 10.2 Å². The molecule has 7 atom stereocenters. The van der Waals surface area contributed by atoms with E-state index in [2.05, 4.69) is 47.5 Å². The number of carbonyl (C=O) groups is 1. The predicted octanol–water partition coefficient (Wildman–Crippen LogP) is 4.27. The molecule has 2 saturated heterocycles. The van der Waals surface area contributed by atoms with Gasteiger partial charge in [0.1, 0.15) is 0 Å². The molecule has 154 valence electrons. The minimum absolute atomic E-state index is 0.120. The first-order chi connectivity index (χ1) is 14.0. The first-order valence-corrected chi connectivity index (χ1v) is 12.1. The van der Waals surface area contributed by atoms with Gasteiger partial charge in [-0.15, -0.1) is 0 Å². The minimum Gasteiger partial charge on any atom is -0.350 e. The van der Waals surface area contributed by atoms with Gasteiger partial charge in [-0.3, -0.25) is 9.69 Å². The zero-order valence-corrected chi connectivity index (χ0v) is 17.8. The predicted molar refractivity (Wildman–Crippen MR) is 113 cm³/mol. The second-order valence-electron chi connectivity index (χ2n) is 11.9. The molecule has 3 heteroatoms. The summed E-state index contributed by atoms with van der Waals surface area (Å²) in [5.74, 6) is 2.03. The quantitative estimate of drug-likeness (QED) is 0.833. The molecule has 0 aromatic heterocycles. The van der Waals surface area contributed by atoms with Crippen LogP contribution in [0.15, 0.2) is 30.3 Å². The maximum absolute atomic E-state index is 14.0. The number of piperidine rings is 1. The Morgan fingerprint density at radius 2 is 1.97 bits per heavy atom. The third kappa shape index (κ3) is 2.06. The molecular formula is C26H34N2O. The van der Waals surface area contributed by atoms with Crippen molar-refractivity contribution in [2.45, 2.75) is 81.7 Å². The van der Waals surface area contributed by atoms with Crippen molar-refractivity contribution in [1.29, 1.82) is 0 Å². The minimum atomic E-state index is -0.120. The molecule has 29 heavy (non-hydrogen) atoms. The maximum atomic E-state index is 14.0. The number of nitrogens with zero attached hydrogens (tertiary/aromatic N) is 1. The topological polar surface area (TPSA) is 32.3 Å². The molecule has 1 amide bonds. The van der Waals surface area contributed by atoms with Crippen molar-refractivity contribution >= 4 is 5.91 Å². The lowest BCUT2D eigenvalue weighted by molar-refractivity contribution is -0.165. The molecule has 5 aliphatic carbocycles. The van der Waals surface area contributed by atoms with Crippen LogP contribution in [0.3, 0.4) is 0 Å². The number of hydrogen-bond donors (Lipinski definition) is 1. The molecule has 4 bridgehead atoms. The molecule has 0 radical (unpaired) electrons. The van der Waals surface area contributed by atoms with Crippen molar-refractivity contribution in [2.24, 2.45) is 22.7 Å². The van der Waals surface area contributed by atoms with Crippen molar-refractivity contribution in [3.63, 3.8) is 0 Å². The van der Waals surface area contributed by atoms with E-state index in [0.717, 1.165) is 37.6 Å². The molecule has 7 fully saturated rings. The van der Waals surface area contributed by atoms with Crippen molar-refractivity contribution < 1.29 is 4.79 Å². The van der Waals surface area contributed by atoms with Crippen LogP contribution in [0.25, 0.3) is 0 Å². The number of benzene rings is 1. The fourth-order valence-electron chi connectivity index (χ4n) is 9.65. The van der Waals surface area contributed by atoms with E-state index in [9.17, 15) is 4.79 Å². The molecule has 8 rings (SSSR count). The average Bonchev–Trinajstić information content (AvgIpc) is 3.41. The summed E-state index contributed by atoms with van der Waals surface area (Å²) < 4.78 is 0. The van der Waals surface area contributed by atoms with Crippen molar-refractivity contribution in [3.05, 3.63) is 35.9 Å². The van der Waals surface area contributed by atoms with Gasteiger partial charge in [-0.2, -0.15) is 0 Å². The zero-order valence-electron chi connectivity index (χ0n) is 17.8. The Hall–Kier alpha value is -1.35. The maximum Gasteiger partial charge on any atom is 0.226 e. The second-order valence-corrected chi connectivity index (χ2v) is 11.9. The number of carbonyl (C=O) groups excluding carboxylic acids is 1. The van der Waals surface area contributed by atoms with Gasteiger partial charge in [0.2, 0.25) is 5.91 Å². The van der Waals surface area contributed by atoms with Crippen LogP contribution in [0.1, 0.15) is 70.3 Å². The molecule has 5 saturated carbocycles. The van der Waals surface area contributed by atoms with Crippen LogP contribution in [0, 0.1) is 22.7 Å². The lowest BCUT2D eigenvalue weighted by Gasteiger charge is -2.66. The summed E-state index contributed by atoms with van der Waals surface area (Å²) in [7, 11) is 0. The van der Waals surface area contributed by atoms with E-state index in [4.69, 9.17) is 0 Å². The van der Waals surface area contributed by atoms with Gasteiger partial charge in [0.25, 0.3) is 0 Å². The van der Waals surface area contributed by atoms with Crippen LogP contribution < -0.4 is 5.32 Å². The van der Waals surface area contributed by atoms with E-state index in [-0.39, 0.29) is 10.8 Å². The highest BCUT2D eigenvalue weighted by atomic mass is 16.2. The summed E-state index contributed by atoms with van der Waals surface area (Å²) in [6.07, 6.45) is 11.2. The van der Waals surface area contributed by atoms with E-state index in [1.807, 2.05) is 0 Å². The molecule has 3 nitrogen and oxygen atoms in total. The Morgan fingerprint density at radius 3 is 2.72 bits per heavy atom. The molecule has 1 N–H and O–H groups in total. The number of nitrogens with one attached hydrogen (secondary N) is 1. The van der Waals surface area contributed by atoms with Gasteiger partial charge in [-0.1, -0.05) is 43.7 Å². The molecule has 5 unspecified atom stereocenters. The third-order valence-electron chi connectivity index (χ3n) is 10.6. The molecule has 1 aromatic rings. The standard InChI is InChI=1S/C26H34N2O/c1-2-23-10-18-11-24(15-23,19-6-4-3-5-7-19)17-25(12-18,16-23)22(29)27-21-14-28-9-8-20-13-26(20,21)28/h3-7,18,20-21H,2,8-17H2,1H3,(H,27,29)/t18?,20?,21-,23?,24-,25?,26?/m1/s1. The van der Waals surface area contributed by atoms with E-state index < -0.39 is 0 Å². The van der Waals surface area contributed by atoms with Gasteiger partial charge in [-0.05, 0) is 86.1 Å². The van der Waals surface area contributed by atoms with Crippen LogP contribution in [-0.2, 0) is 10.2 Å². The molecule has 1 spiro atoms. The molecular weight excluding hydrogens is 356 g/mol. The molecule has 1 aromatic carbocycles. The largest absolute Gasteiger partial charge is 0.350 e. The fraction of sp³-hybridized carbons (Fsp3) is 0.731. The van der Waals surface area contributed by atoms with Gasteiger partial charge in [0, 0.05) is 12.1 Å². The number of hydrogen-bond acceptors (Lipinski definition) is 2. The molecule has 2 heterocycles. The highest BCUT2D eigenvalue weighted by Gasteiger charge is 2.73. The Labute approximate surface area is 174 Å². The highest BCUT2D eigenvalue weighted by molar-refractivity contribution is 5.84. The first-order valence-electron chi connectivity index (χ1n) is 12.1. The lowest BCUT2D eigenvalue weighted by atomic mass is 9.38. The summed E-state index contributed by atoms with van der Waals surface area (Å²) in [5.41, 5.74) is 2.38. The Morgan fingerprint density at radius 1 is 1.10 bits per heavy atom. The van der Waals surface area contributed by atoms with Crippen LogP contribution in [0.4, 0.5) is 0 Å². The van der Waals surface area contributed by atoms with Gasteiger partial charge in [0.05, 0.1) is 11.5 Å². The van der Waals surface area contributed by atoms with Crippen LogP contribution in [0.5, 0.6) is 0 Å². The molecule has 7 aliphatic rings. The Bertz CT molecular complexity index is 884. The normalized spacial score (nSPS) is 51.3. The molecule has 2 aliphatic heterocycles. The Kier molecular flexibility index (Phi) is 3.15. The fourth-order valence-corrected chi connectivity index (χ4v) is 9.65. The Balaban J connectivity index is 1.23. The van der Waals surface area contributed by atoms with Crippen molar-refractivity contribution in [3.8, 4) is 0 Å². The summed E-state index contributed by atoms with van der Waals surface area (Å²) in [5, 5.41) is 3.66. The SMILES string of the molecule is CCC12CC3CC(C(=O)N[C@@H]4CN5CCC6CC645)(C1)C[C@@](c1ccccc1)(C3)C2. The van der Waals surface area contributed by atoms with Crippen molar-refractivity contribution in [2.75, 3.05) is 13.1 Å². The summed E-state index contributed by atoms with van der Waals surface area (Å²) in [4.78, 5) is 16.6. The van der Waals surface area contributed by atoms with E-state index >= 15 is 0 Å². The van der Waals surface area contributed by atoms with Crippen LogP contribution >= 0.6 is 0 Å². The summed E-state index contributed by atoms with van der Waals surface area (Å²) in [6.45, 7) is 4.75. The summed E-state index contributed by atoms with van der Waals surface area (Å²) >= 11 is 0. The zero-order chi connectivity index (χ0) is 19.5. The van der Waals surface area contributed by atoms with Gasteiger partial charge in [-0.25, -0.2) is 0 Å². The average molecular weight is 391 g/mol. The smallest absolute Gasteiger partial charge is 0.226 e. The lowest BCUT2D eigenvalue weighted by Crippen LogP contribution is -2.70. The highest BCUT2D eigenvalue weighted by Crippen LogP contribution is 2.71. The van der Waals surface area contributed by atoms with Gasteiger partial charge < -0.3 is 5.32 Å². The van der Waals surface area contributed by atoms with E-state index in [1.54, 1.807) is 0 Å². The van der Waals surface area contributed by atoms with Crippen LogP contribution in [-0.4, -0.2) is 35.5 Å². The van der Waals surface area contributed by atoms with Gasteiger partial charge >= 0.3 is 0 Å². The third-order valence-corrected chi connectivity index (χ3v) is 10.6. The second kappa shape index (κ2) is 5.28. The van der Waals surface area contributed by atoms with Crippen LogP contribution in [0.2, 0.25) is 0 Å². The summed E-state index contributed by atoms with van der Waals surface area (Å²) in [6, 6.07) is 11.7. The van der Waals surface area contributed by atoms with E-state index in [1.165, 1.54) is 50.6 Å². The van der Waals surface area contributed by atoms with Gasteiger partial charge in [0.15, 0.2) is 0 Å². The number of rotatable bonds is 4. The monoisotopic (exact) mass is 390 g/mol. The first kappa shape index (κ1) is 17.3.